The Labute approximate surface area is 143 Å². The summed E-state index contributed by atoms with van der Waals surface area (Å²) >= 11 is 5.83. The van der Waals surface area contributed by atoms with Crippen LogP contribution in [-0.4, -0.2) is 43.9 Å². The van der Waals surface area contributed by atoms with Gasteiger partial charge < -0.3 is 4.90 Å². The Bertz CT molecular complexity index is 697. The van der Waals surface area contributed by atoms with E-state index in [1.54, 1.807) is 12.3 Å². The van der Waals surface area contributed by atoms with Crippen LogP contribution in [-0.2, 0) is 10.0 Å². The molecule has 0 spiro atoms. The van der Waals surface area contributed by atoms with Crippen LogP contribution in [0.4, 0.5) is 5.82 Å². The van der Waals surface area contributed by atoms with Crippen LogP contribution in [0.1, 0.15) is 19.8 Å². The standard InChI is InChI=1S/C16H20ClN3O2S/c1-2-3-4-5-6-13-23(21,22)20-11-9-19(10-12-20)16-8-7-15(17)14-18-16/h6-8,13-14H,2-3,9-12H2,1H3. The smallest absolute Gasteiger partial charge is 0.236 e. The minimum Gasteiger partial charge on any atom is -0.354 e. The summed E-state index contributed by atoms with van der Waals surface area (Å²) in [4.78, 5) is 6.31. The van der Waals surface area contributed by atoms with Crippen molar-refractivity contribution in [3.05, 3.63) is 34.8 Å². The lowest BCUT2D eigenvalue weighted by atomic mass is 10.3. The van der Waals surface area contributed by atoms with Gasteiger partial charge in [0.15, 0.2) is 0 Å². The first-order valence-corrected chi connectivity index (χ1v) is 9.42. The van der Waals surface area contributed by atoms with Crippen molar-refractivity contribution in [2.75, 3.05) is 31.1 Å². The Morgan fingerprint density at radius 3 is 2.65 bits per heavy atom. The molecule has 1 aliphatic heterocycles. The van der Waals surface area contributed by atoms with E-state index in [0.29, 0.717) is 31.2 Å². The number of pyridine rings is 1. The molecule has 0 bridgehead atoms. The molecule has 0 aliphatic carbocycles. The van der Waals surface area contributed by atoms with E-state index in [1.165, 1.54) is 15.8 Å². The fraction of sp³-hybridized carbons (Fsp3) is 0.438. The number of anilines is 1. The summed E-state index contributed by atoms with van der Waals surface area (Å²) in [5.74, 6) is 6.46. The Morgan fingerprint density at radius 1 is 1.30 bits per heavy atom. The van der Waals surface area contributed by atoms with Crippen molar-refractivity contribution in [1.82, 2.24) is 9.29 Å². The fourth-order valence-corrected chi connectivity index (χ4v) is 3.39. The molecular formula is C16H20ClN3O2S. The number of allylic oxidation sites excluding steroid dienone is 1. The molecule has 0 unspecified atom stereocenters. The van der Waals surface area contributed by atoms with Gasteiger partial charge in [0.2, 0.25) is 10.0 Å². The summed E-state index contributed by atoms with van der Waals surface area (Å²) in [6, 6.07) is 3.63. The lowest BCUT2D eigenvalue weighted by Gasteiger charge is -2.34. The number of unbranched alkanes of at least 4 members (excludes halogenated alkanes) is 1. The molecule has 0 aromatic carbocycles. The van der Waals surface area contributed by atoms with Crippen LogP contribution in [0.15, 0.2) is 29.8 Å². The third kappa shape index (κ3) is 5.24. The monoisotopic (exact) mass is 353 g/mol. The van der Waals surface area contributed by atoms with Crippen molar-refractivity contribution in [2.24, 2.45) is 0 Å². The van der Waals surface area contributed by atoms with Crippen LogP contribution in [0.2, 0.25) is 5.02 Å². The molecule has 0 N–H and O–H groups in total. The molecule has 1 fully saturated rings. The van der Waals surface area contributed by atoms with E-state index >= 15 is 0 Å². The highest BCUT2D eigenvalue weighted by Gasteiger charge is 2.25. The number of hydrogen-bond acceptors (Lipinski definition) is 4. The SMILES string of the molecule is CCCC#CC=CS(=O)(=O)N1CCN(c2ccc(Cl)cn2)CC1. The van der Waals surface area contributed by atoms with Gasteiger partial charge in [0.25, 0.3) is 0 Å². The molecule has 1 aromatic rings. The maximum Gasteiger partial charge on any atom is 0.236 e. The van der Waals surface area contributed by atoms with E-state index < -0.39 is 10.0 Å². The van der Waals surface area contributed by atoms with Gasteiger partial charge in [-0.15, -0.1) is 0 Å². The number of nitrogens with zero attached hydrogens (tertiary/aromatic N) is 3. The Kier molecular flexibility index (Phi) is 6.46. The second-order valence-corrected chi connectivity index (χ2v) is 7.39. The number of sulfonamides is 1. The highest BCUT2D eigenvalue weighted by atomic mass is 35.5. The first kappa shape index (κ1) is 17.8. The molecule has 1 saturated heterocycles. The molecule has 1 aromatic heterocycles. The van der Waals surface area contributed by atoms with Crippen molar-refractivity contribution < 1.29 is 8.42 Å². The van der Waals surface area contributed by atoms with Gasteiger partial charge in [0.05, 0.1) is 10.4 Å². The minimum absolute atomic E-state index is 0.430. The van der Waals surface area contributed by atoms with E-state index in [-0.39, 0.29) is 0 Å². The van der Waals surface area contributed by atoms with E-state index in [0.717, 1.165) is 18.7 Å². The van der Waals surface area contributed by atoms with Crippen LogP contribution in [0.5, 0.6) is 0 Å². The van der Waals surface area contributed by atoms with E-state index in [2.05, 4.69) is 16.8 Å². The average molecular weight is 354 g/mol. The van der Waals surface area contributed by atoms with Crippen LogP contribution in [0, 0.1) is 11.8 Å². The van der Waals surface area contributed by atoms with Crippen molar-refractivity contribution >= 4 is 27.4 Å². The molecule has 2 heterocycles. The first-order valence-electron chi connectivity index (χ1n) is 7.54. The van der Waals surface area contributed by atoms with Gasteiger partial charge in [0.1, 0.15) is 5.82 Å². The molecule has 7 heteroatoms. The predicted molar refractivity (Wildman–Crippen MR) is 93.8 cm³/mol. The maximum atomic E-state index is 12.2. The zero-order valence-corrected chi connectivity index (χ0v) is 14.6. The largest absolute Gasteiger partial charge is 0.354 e. The minimum atomic E-state index is -3.40. The Balaban J connectivity index is 1.93. The molecule has 0 radical (unpaired) electrons. The van der Waals surface area contributed by atoms with Gasteiger partial charge in [-0.2, -0.15) is 4.31 Å². The first-order chi connectivity index (χ1) is 11.0. The molecular weight excluding hydrogens is 334 g/mol. The highest BCUT2D eigenvalue weighted by molar-refractivity contribution is 7.92. The van der Waals surface area contributed by atoms with Crippen LogP contribution >= 0.6 is 11.6 Å². The highest BCUT2D eigenvalue weighted by Crippen LogP contribution is 2.17. The molecule has 0 amide bonds. The van der Waals surface area contributed by atoms with E-state index in [9.17, 15) is 8.42 Å². The molecule has 2 rings (SSSR count). The van der Waals surface area contributed by atoms with Gasteiger partial charge in [-0.05, 0) is 18.6 Å². The average Bonchev–Trinajstić information content (AvgIpc) is 2.55. The van der Waals surface area contributed by atoms with Crippen molar-refractivity contribution in [3.8, 4) is 11.8 Å². The lowest BCUT2D eigenvalue weighted by Crippen LogP contribution is -2.48. The second kappa shape index (κ2) is 8.34. The number of hydrogen-bond donors (Lipinski definition) is 0. The van der Waals surface area contributed by atoms with Crippen molar-refractivity contribution in [1.29, 1.82) is 0 Å². The van der Waals surface area contributed by atoms with Crippen molar-refractivity contribution in [3.63, 3.8) is 0 Å². The van der Waals surface area contributed by atoms with Crippen LogP contribution in [0.25, 0.3) is 0 Å². The van der Waals surface area contributed by atoms with Gasteiger partial charge in [0, 0.05) is 44.9 Å². The summed E-state index contributed by atoms with van der Waals surface area (Å²) in [6.07, 6.45) is 4.75. The Hall–Kier alpha value is -1.55. The van der Waals surface area contributed by atoms with E-state index in [1.807, 2.05) is 17.9 Å². The molecule has 0 atom stereocenters. The molecule has 5 nitrogen and oxygen atoms in total. The van der Waals surface area contributed by atoms with Gasteiger partial charge in [-0.25, -0.2) is 13.4 Å². The molecule has 1 aliphatic rings. The summed E-state index contributed by atoms with van der Waals surface area (Å²) in [7, 11) is -3.40. The normalized spacial score (nSPS) is 16.3. The number of halogens is 1. The zero-order valence-electron chi connectivity index (χ0n) is 13.1. The second-order valence-electron chi connectivity index (χ2n) is 5.14. The molecule has 0 saturated carbocycles. The third-order valence-electron chi connectivity index (χ3n) is 3.43. The fourth-order valence-electron chi connectivity index (χ4n) is 2.19. The molecule has 23 heavy (non-hydrogen) atoms. The maximum absolute atomic E-state index is 12.2. The van der Waals surface area contributed by atoms with Crippen LogP contribution < -0.4 is 4.90 Å². The third-order valence-corrected chi connectivity index (χ3v) is 5.22. The number of rotatable bonds is 4. The van der Waals surface area contributed by atoms with Gasteiger partial charge in [-0.3, -0.25) is 0 Å². The summed E-state index contributed by atoms with van der Waals surface area (Å²) < 4.78 is 25.9. The number of aromatic nitrogens is 1. The van der Waals surface area contributed by atoms with E-state index in [4.69, 9.17) is 11.6 Å². The Morgan fingerprint density at radius 2 is 2.04 bits per heavy atom. The lowest BCUT2D eigenvalue weighted by molar-refractivity contribution is 0.389. The predicted octanol–water partition coefficient (Wildman–Crippen LogP) is 2.50. The van der Waals surface area contributed by atoms with Gasteiger partial charge in [-0.1, -0.05) is 30.4 Å². The summed E-state index contributed by atoms with van der Waals surface area (Å²) in [6.45, 7) is 4.09. The van der Waals surface area contributed by atoms with Gasteiger partial charge >= 0.3 is 0 Å². The quantitative estimate of drug-likeness (QED) is 0.780. The topological polar surface area (TPSA) is 53.5 Å². The number of piperazine rings is 1. The zero-order chi connectivity index (χ0) is 16.7. The molecule has 124 valence electrons. The summed E-state index contributed by atoms with van der Waals surface area (Å²) in [5, 5.41) is 1.77. The van der Waals surface area contributed by atoms with Crippen LogP contribution in [0.3, 0.4) is 0 Å². The summed E-state index contributed by atoms with van der Waals surface area (Å²) in [5.41, 5.74) is 0. The van der Waals surface area contributed by atoms with Crippen molar-refractivity contribution in [2.45, 2.75) is 19.8 Å².